The molecule has 0 saturated carbocycles. The average molecular weight is 334 g/mol. The Labute approximate surface area is 145 Å². The van der Waals surface area contributed by atoms with E-state index in [9.17, 15) is 4.79 Å². The molecule has 0 saturated heterocycles. The van der Waals surface area contributed by atoms with Crippen LogP contribution in [0.2, 0.25) is 0 Å². The molecule has 3 aromatic rings. The van der Waals surface area contributed by atoms with E-state index in [2.05, 4.69) is 47.6 Å². The summed E-state index contributed by atoms with van der Waals surface area (Å²) in [6.45, 7) is 2.06. The van der Waals surface area contributed by atoms with E-state index in [4.69, 9.17) is 0 Å². The van der Waals surface area contributed by atoms with Crippen LogP contribution in [0.15, 0.2) is 66.2 Å². The standard InChI is InChI=1S/C20H18N2OS/c1-20(18(23)22-19-21-11-12-24-19)13-15-9-5-6-10-16(15)17(20)14-7-3-2-4-8-14/h2-12,17H,13H2,1H3,(H,21,22,23)/t17-,20?/m1/s1. The number of benzene rings is 2. The first-order valence-corrected chi connectivity index (χ1v) is 8.90. The lowest BCUT2D eigenvalue weighted by molar-refractivity contribution is -0.125. The number of anilines is 1. The Hall–Kier alpha value is -2.46. The van der Waals surface area contributed by atoms with Gasteiger partial charge in [0.1, 0.15) is 0 Å². The topological polar surface area (TPSA) is 42.0 Å². The summed E-state index contributed by atoms with van der Waals surface area (Å²) in [5, 5.41) is 5.53. The normalized spacial score (nSPS) is 22.1. The molecular weight excluding hydrogens is 316 g/mol. The highest BCUT2D eigenvalue weighted by molar-refractivity contribution is 7.13. The minimum atomic E-state index is -0.531. The lowest BCUT2D eigenvalue weighted by Gasteiger charge is -2.30. The van der Waals surface area contributed by atoms with Crippen molar-refractivity contribution in [2.45, 2.75) is 19.3 Å². The molecule has 0 radical (unpaired) electrons. The summed E-state index contributed by atoms with van der Waals surface area (Å²) in [6, 6.07) is 18.7. The smallest absolute Gasteiger partial charge is 0.233 e. The molecule has 0 fully saturated rings. The Bertz CT molecular complexity index is 860. The fourth-order valence-corrected chi connectivity index (χ4v) is 4.27. The Balaban J connectivity index is 1.77. The van der Waals surface area contributed by atoms with Crippen molar-refractivity contribution in [1.82, 2.24) is 4.98 Å². The van der Waals surface area contributed by atoms with Crippen molar-refractivity contribution >= 4 is 22.4 Å². The zero-order valence-electron chi connectivity index (χ0n) is 13.4. The zero-order valence-corrected chi connectivity index (χ0v) is 14.2. The van der Waals surface area contributed by atoms with Crippen LogP contribution < -0.4 is 5.32 Å². The van der Waals surface area contributed by atoms with Gasteiger partial charge in [-0.05, 0) is 30.0 Å². The van der Waals surface area contributed by atoms with Crippen molar-refractivity contribution in [3.63, 3.8) is 0 Å². The first-order valence-electron chi connectivity index (χ1n) is 8.02. The molecule has 1 aliphatic carbocycles. The molecule has 1 amide bonds. The van der Waals surface area contributed by atoms with Crippen LogP contribution >= 0.6 is 11.3 Å². The predicted octanol–water partition coefficient (Wildman–Crippen LogP) is 4.48. The minimum absolute atomic E-state index is 0.0301. The highest BCUT2D eigenvalue weighted by Crippen LogP contribution is 2.51. The molecule has 4 heteroatoms. The maximum atomic E-state index is 13.1. The molecule has 120 valence electrons. The maximum Gasteiger partial charge on any atom is 0.233 e. The Morgan fingerprint density at radius 3 is 2.67 bits per heavy atom. The zero-order chi connectivity index (χ0) is 16.6. The van der Waals surface area contributed by atoms with Crippen LogP contribution in [0.1, 0.15) is 29.5 Å². The summed E-state index contributed by atoms with van der Waals surface area (Å²) in [5.41, 5.74) is 3.15. The molecule has 1 aliphatic rings. The fraction of sp³-hybridized carbons (Fsp3) is 0.200. The first-order chi connectivity index (χ1) is 11.7. The van der Waals surface area contributed by atoms with Crippen LogP contribution in [0, 0.1) is 5.41 Å². The van der Waals surface area contributed by atoms with Crippen molar-refractivity contribution in [1.29, 1.82) is 0 Å². The minimum Gasteiger partial charge on any atom is -0.301 e. The highest BCUT2D eigenvalue weighted by atomic mass is 32.1. The third-order valence-corrected chi connectivity index (χ3v) is 5.55. The highest BCUT2D eigenvalue weighted by Gasteiger charge is 2.48. The second-order valence-corrected chi connectivity index (χ2v) is 7.32. The van der Waals surface area contributed by atoms with Crippen LogP contribution in [0.4, 0.5) is 5.13 Å². The summed E-state index contributed by atoms with van der Waals surface area (Å²) in [5.74, 6) is 0.0809. The van der Waals surface area contributed by atoms with Crippen molar-refractivity contribution in [3.8, 4) is 0 Å². The number of nitrogens with zero attached hydrogens (tertiary/aromatic N) is 1. The van der Waals surface area contributed by atoms with Gasteiger partial charge in [0, 0.05) is 17.5 Å². The SMILES string of the molecule is CC1(C(=O)Nc2nccs2)Cc2ccccc2[C@H]1c1ccccc1. The van der Waals surface area contributed by atoms with Gasteiger partial charge >= 0.3 is 0 Å². The molecule has 4 rings (SSSR count). The van der Waals surface area contributed by atoms with Gasteiger partial charge in [-0.2, -0.15) is 0 Å². The van der Waals surface area contributed by atoms with Gasteiger partial charge in [-0.25, -0.2) is 4.98 Å². The Morgan fingerprint density at radius 1 is 1.17 bits per heavy atom. The molecule has 3 nitrogen and oxygen atoms in total. The van der Waals surface area contributed by atoms with E-state index in [1.807, 2.05) is 29.6 Å². The van der Waals surface area contributed by atoms with E-state index in [1.54, 1.807) is 6.20 Å². The van der Waals surface area contributed by atoms with E-state index in [-0.39, 0.29) is 11.8 Å². The lowest BCUT2D eigenvalue weighted by atomic mass is 9.73. The van der Waals surface area contributed by atoms with E-state index >= 15 is 0 Å². The number of carbonyl (C=O) groups is 1. The quantitative estimate of drug-likeness (QED) is 0.767. The fourth-order valence-electron chi connectivity index (χ4n) is 3.75. The van der Waals surface area contributed by atoms with E-state index in [0.29, 0.717) is 5.13 Å². The molecular formula is C20H18N2OS. The first kappa shape index (κ1) is 15.1. The number of rotatable bonds is 3. The van der Waals surface area contributed by atoms with Crippen molar-refractivity contribution < 1.29 is 4.79 Å². The second kappa shape index (κ2) is 5.87. The van der Waals surface area contributed by atoms with E-state index < -0.39 is 5.41 Å². The number of aromatic nitrogens is 1. The van der Waals surface area contributed by atoms with E-state index in [1.165, 1.54) is 28.0 Å². The van der Waals surface area contributed by atoms with E-state index in [0.717, 1.165) is 6.42 Å². The molecule has 2 aromatic carbocycles. The summed E-state index contributed by atoms with van der Waals surface area (Å²) in [4.78, 5) is 17.3. The summed E-state index contributed by atoms with van der Waals surface area (Å²) < 4.78 is 0. The Kier molecular flexibility index (Phi) is 3.69. The molecule has 1 N–H and O–H groups in total. The molecule has 1 unspecified atom stereocenters. The lowest BCUT2D eigenvalue weighted by Crippen LogP contribution is -2.37. The van der Waals surface area contributed by atoms with Gasteiger partial charge < -0.3 is 5.32 Å². The summed E-state index contributed by atoms with van der Waals surface area (Å²) in [6.07, 6.45) is 2.45. The maximum absolute atomic E-state index is 13.1. The largest absolute Gasteiger partial charge is 0.301 e. The molecule has 1 aromatic heterocycles. The number of thiazole rings is 1. The molecule has 0 spiro atoms. The van der Waals surface area contributed by atoms with Gasteiger partial charge in [-0.15, -0.1) is 11.3 Å². The number of hydrogen-bond donors (Lipinski definition) is 1. The van der Waals surface area contributed by atoms with Gasteiger partial charge in [0.15, 0.2) is 5.13 Å². The van der Waals surface area contributed by atoms with Crippen LogP contribution in [0.5, 0.6) is 0 Å². The number of hydrogen-bond acceptors (Lipinski definition) is 3. The van der Waals surface area contributed by atoms with Crippen LogP contribution in [-0.2, 0) is 11.2 Å². The van der Waals surface area contributed by atoms with Gasteiger partial charge in [-0.3, -0.25) is 4.79 Å². The third kappa shape index (κ3) is 2.43. The second-order valence-electron chi connectivity index (χ2n) is 6.43. The summed E-state index contributed by atoms with van der Waals surface area (Å²) >= 11 is 1.45. The number of fused-ring (bicyclic) bond motifs is 1. The van der Waals surface area contributed by atoms with Gasteiger partial charge in [0.25, 0.3) is 0 Å². The van der Waals surface area contributed by atoms with Crippen LogP contribution in [-0.4, -0.2) is 10.9 Å². The van der Waals surface area contributed by atoms with Gasteiger partial charge in [-0.1, -0.05) is 54.6 Å². The van der Waals surface area contributed by atoms with Crippen molar-refractivity contribution in [3.05, 3.63) is 82.9 Å². The molecule has 0 bridgehead atoms. The van der Waals surface area contributed by atoms with Crippen LogP contribution in [0.25, 0.3) is 0 Å². The monoisotopic (exact) mass is 334 g/mol. The molecule has 24 heavy (non-hydrogen) atoms. The molecule has 1 heterocycles. The van der Waals surface area contributed by atoms with Gasteiger partial charge in [0.05, 0.1) is 5.41 Å². The number of amides is 1. The predicted molar refractivity (Wildman–Crippen MR) is 97.3 cm³/mol. The van der Waals surface area contributed by atoms with Gasteiger partial charge in [0.2, 0.25) is 5.91 Å². The molecule has 2 atom stereocenters. The van der Waals surface area contributed by atoms with Crippen molar-refractivity contribution in [2.75, 3.05) is 5.32 Å². The van der Waals surface area contributed by atoms with Crippen molar-refractivity contribution in [2.24, 2.45) is 5.41 Å². The molecule has 0 aliphatic heterocycles. The van der Waals surface area contributed by atoms with Crippen LogP contribution in [0.3, 0.4) is 0 Å². The number of carbonyl (C=O) groups excluding carboxylic acids is 1. The number of nitrogens with one attached hydrogen (secondary N) is 1. The Morgan fingerprint density at radius 2 is 1.92 bits per heavy atom. The summed E-state index contributed by atoms with van der Waals surface area (Å²) in [7, 11) is 0. The average Bonchev–Trinajstić information content (AvgIpc) is 3.21. The third-order valence-electron chi connectivity index (χ3n) is 4.87.